The number of pyridine rings is 1. The van der Waals surface area contributed by atoms with Crippen molar-refractivity contribution >= 4 is 28.5 Å². The fraction of sp³-hybridized carbons (Fsp3) is 0.476. The van der Waals surface area contributed by atoms with E-state index in [0.717, 1.165) is 23.8 Å². The first kappa shape index (κ1) is 19.1. The molecule has 3 atom stereocenters. The topological polar surface area (TPSA) is 66.5 Å². The van der Waals surface area contributed by atoms with E-state index in [1.54, 1.807) is 12.4 Å². The van der Waals surface area contributed by atoms with E-state index in [4.69, 9.17) is 11.6 Å². The van der Waals surface area contributed by atoms with Crippen molar-refractivity contribution in [2.75, 3.05) is 5.32 Å². The molecule has 0 aliphatic heterocycles. The molecule has 1 aliphatic rings. The van der Waals surface area contributed by atoms with Crippen LogP contribution >= 0.6 is 11.6 Å². The average Bonchev–Trinajstić information content (AvgIpc) is 3.06. The summed E-state index contributed by atoms with van der Waals surface area (Å²) in [6.07, 6.45) is 8.00. The Morgan fingerprint density at radius 2 is 2.07 bits per heavy atom. The van der Waals surface area contributed by atoms with Crippen molar-refractivity contribution in [2.45, 2.75) is 46.1 Å². The van der Waals surface area contributed by atoms with Gasteiger partial charge in [-0.25, -0.2) is 19.3 Å². The highest BCUT2D eigenvalue weighted by Crippen LogP contribution is 2.36. The quantitative estimate of drug-likeness (QED) is 0.589. The molecule has 3 aromatic heterocycles. The number of halogens is 2. The van der Waals surface area contributed by atoms with Gasteiger partial charge in [0.25, 0.3) is 0 Å². The number of anilines is 1. The second kappa shape index (κ2) is 7.66. The van der Waals surface area contributed by atoms with Gasteiger partial charge >= 0.3 is 0 Å². The van der Waals surface area contributed by atoms with Gasteiger partial charge < -0.3 is 10.3 Å². The summed E-state index contributed by atoms with van der Waals surface area (Å²) < 4.78 is 14.5. The maximum atomic E-state index is 14.5. The van der Waals surface area contributed by atoms with Gasteiger partial charge in [0.05, 0.1) is 11.2 Å². The summed E-state index contributed by atoms with van der Waals surface area (Å²) in [5.41, 5.74) is 1.45. The summed E-state index contributed by atoms with van der Waals surface area (Å²) in [6.45, 7) is 6.73. The molecule has 3 aromatic rings. The lowest BCUT2D eigenvalue weighted by molar-refractivity contribution is 0.211. The molecule has 2 N–H and O–H groups in total. The first-order chi connectivity index (χ1) is 13.4. The number of nitrogens with one attached hydrogen (secondary N) is 2. The molecule has 0 spiro atoms. The molecule has 4 rings (SSSR count). The van der Waals surface area contributed by atoms with Crippen LogP contribution in [0, 0.1) is 23.6 Å². The van der Waals surface area contributed by atoms with Gasteiger partial charge in [0, 0.05) is 29.4 Å². The van der Waals surface area contributed by atoms with Gasteiger partial charge in [0.2, 0.25) is 0 Å². The van der Waals surface area contributed by atoms with Gasteiger partial charge in [-0.05, 0) is 36.7 Å². The van der Waals surface area contributed by atoms with Gasteiger partial charge in [0.15, 0.2) is 17.5 Å². The maximum Gasteiger partial charge on any atom is 0.183 e. The fourth-order valence-corrected chi connectivity index (χ4v) is 4.46. The molecule has 0 saturated heterocycles. The highest BCUT2D eigenvalue weighted by Gasteiger charge is 2.31. The summed E-state index contributed by atoms with van der Waals surface area (Å²) in [6, 6.07) is 2.02. The minimum Gasteiger partial charge on any atom is -0.364 e. The number of nitrogens with zero attached hydrogens (tertiary/aromatic N) is 3. The number of rotatable bonds is 4. The number of aromatic nitrogens is 4. The van der Waals surface area contributed by atoms with Crippen molar-refractivity contribution in [3.05, 3.63) is 35.5 Å². The van der Waals surface area contributed by atoms with E-state index in [-0.39, 0.29) is 11.9 Å². The van der Waals surface area contributed by atoms with E-state index in [0.29, 0.717) is 34.2 Å². The van der Waals surface area contributed by atoms with Crippen molar-refractivity contribution in [3.8, 4) is 11.4 Å². The number of H-pyrrole nitrogens is 1. The molecule has 5 nitrogen and oxygen atoms in total. The summed E-state index contributed by atoms with van der Waals surface area (Å²) in [7, 11) is 0. The van der Waals surface area contributed by atoms with Crippen molar-refractivity contribution in [3.63, 3.8) is 0 Å². The smallest absolute Gasteiger partial charge is 0.183 e. The number of aromatic amines is 1. The van der Waals surface area contributed by atoms with Crippen LogP contribution < -0.4 is 5.32 Å². The van der Waals surface area contributed by atoms with Gasteiger partial charge in [-0.1, -0.05) is 38.8 Å². The number of hydrogen-bond acceptors (Lipinski definition) is 4. The van der Waals surface area contributed by atoms with Crippen LogP contribution in [0.15, 0.2) is 24.7 Å². The van der Waals surface area contributed by atoms with Gasteiger partial charge in [-0.15, -0.1) is 0 Å². The molecule has 0 aromatic carbocycles. The largest absolute Gasteiger partial charge is 0.364 e. The van der Waals surface area contributed by atoms with E-state index < -0.39 is 5.82 Å². The van der Waals surface area contributed by atoms with Crippen LogP contribution in [0.25, 0.3) is 22.4 Å². The second-order valence-electron chi connectivity index (χ2n) is 8.22. The van der Waals surface area contributed by atoms with Crippen LogP contribution in [0.5, 0.6) is 0 Å². The molecular formula is C21H25ClFN5. The predicted molar refractivity (Wildman–Crippen MR) is 111 cm³/mol. The van der Waals surface area contributed by atoms with E-state index in [2.05, 4.69) is 46.0 Å². The zero-order valence-electron chi connectivity index (χ0n) is 16.3. The van der Waals surface area contributed by atoms with E-state index >= 15 is 0 Å². The standard InChI is InChI=1S/C21H25ClFN5/c1-11(2)14-5-4-12(3)6-18(14)27-21-17(23)10-26-20(28-21)16-9-25-19-15(16)7-13(22)8-24-19/h7-12,14,18H,4-6H2,1-3H3,(H,24,25)(H,26,27,28)/t12-,14+,18-/m1/s1. The minimum absolute atomic E-state index is 0.208. The molecule has 148 valence electrons. The fourth-order valence-electron chi connectivity index (χ4n) is 4.30. The van der Waals surface area contributed by atoms with Crippen molar-refractivity contribution < 1.29 is 4.39 Å². The average molecular weight is 402 g/mol. The molecule has 0 amide bonds. The Kier molecular flexibility index (Phi) is 5.23. The normalized spacial score (nSPS) is 22.7. The lowest BCUT2D eigenvalue weighted by Gasteiger charge is -2.38. The van der Waals surface area contributed by atoms with Crippen LogP contribution in [-0.2, 0) is 0 Å². The molecule has 28 heavy (non-hydrogen) atoms. The molecule has 0 radical (unpaired) electrons. The Labute approximate surface area is 169 Å². The third-order valence-corrected chi connectivity index (χ3v) is 6.03. The summed E-state index contributed by atoms with van der Waals surface area (Å²) in [5.74, 6) is 1.95. The highest BCUT2D eigenvalue weighted by atomic mass is 35.5. The Morgan fingerprint density at radius 3 is 2.86 bits per heavy atom. The molecule has 0 unspecified atom stereocenters. The zero-order valence-corrected chi connectivity index (χ0v) is 17.1. The van der Waals surface area contributed by atoms with Gasteiger partial charge in [-0.3, -0.25) is 0 Å². The molecule has 1 saturated carbocycles. The third kappa shape index (κ3) is 3.70. The van der Waals surface area contributed by atoms with E-state index in [9.17, 15) is 4.39 Å². The monoisotopic (exact) mass is 401 g/mol. The lowest BCUT2D eigenvalue weighted by Crippen LogP contribution is -2.38. The van der Waals surface area contributed by atoms with Gasteiger partial charge in [0.1, 0.15) is 5.65 Å². The molecule has 3 heterocycles. The first-order valence-corrected chi connectivity index (χ1v) is 10.2. The van der Waals surface area contributed by atoms with Crippen LogP contribution in [0.2, 0.25) is 5.02 Å². The number of hydrogen-bond donors (Lipinski definition) is 2. The van der Waals surface area contributed by atoms with E-state index in [1.165, 1.54) is 12.6 Å². The Bertz CT molecular complexity index is 986. The molecule has 1 fully saturated rings. The van der Waals surface area contributed by atoms with Crippen LogP contribution in [0.4, 0.5) is 10.2 Å². The molecule has 0 bridgehead atoms. The minimum atomic E-state index is -0.430. The summed E-state index contributed by atoms with van der Waals surface area (Å²) >= 11 is 6.09. The molecular weight excluding hydrogens is 377 g/mol. The first-order valence-electron chi connectivity index (χ1n) is 9.84. The predicted octanol–water partition coefficient (Wildman–Crippen LogP) is 5.69. The maximum absolute atomic E-state index is 14.5. The summed E-state index contributed by atoms with van der Waals surface area (Å²) in [4.78, 5) is 16.1. The highest BCUT2D eigenvalue weighted by molar-refractivity contribution is 6.31. The lowest BCUT2D eigenvalue weighted by atomic mass is 9.74. The Morgan fingerprint density at radius 1 is 1.25 bits per heavy atom. The van der Waals surface area contributed by atoms with Crippen LogP contribution in [-0.4, -0.2) is 26.0 Å². The zero-order chi connectivity index (χ0) is 19.8. The SMILES string of the molecule is CC(C)[C@@H]1CC[C@@H](C)C[C@H]1Nc1nc(-c2c[nH]c3ncc(Cl)cc23)ncc1F. The van der Waals surface area contributed by atoms with Crippen LogP contribution in [0.3, 0.4) is 0 Å². The van der Waals surface area contributed by atoms with Crippen molar-refractivity contribution in [1.82, 2.24) is 19.9 Å². The van der Waals surface area contributed by atoms with Gasteiger partial charge in [-0.2, -0.15) is 0 Å². The number of fused-ring (bicyclic) bond motifs is 1. The summed E-state index contributed by atoms with van der Waals surface area (Å²) in [5, 5.41) is 4.74. The van der Waals surface area contributed by atoms with Crippen molar-refractivity contribution in [1.29, 1.82) is 0 Å². The molecule has 7 heteroatoms. The molecule has 1 aliphatic carbocycles. The second-order valence-corrected chi connectivity index (χ2v) is 8.66. The van der Waals surface area contributed by atoms with E-state index in [1.807, 2.05) is 6.07 Å². The van der Waals surface area contributed by atoms with Crippen LogP contribution in [0.1, 0.15) is 40.0 Å². The van der Waals surface area contributed by atoms with Crippen molar-refractivity contribution in [2.24, 2.45) is 17.8 Å². The Balaban J connectivity index is 1.68. The third-order valence-electron chi connectivity index (χ3n) is 5.83. The Hall–Kier alpha value is -2.21.